The average molecular weight is 140 g/mol. The van der Waals surface area contributed by atoms with E-state index in [1.165, 1.54) is 5.56 Å². The van der Waals surface area contributed by atoms with Crippen LogP contribution in [0.25, 0.3) is 0 Å². The van der Waals surface area contributed by atoms with Crippen molar-refractivity contribution in [3.8, 4) is 0 Å². The molecule has 0 spiro atoms. The Balaban J connectivity index is 2.15. The Morgan fingerprint density at radius 1 is 1.60 bits per heavy atom. The third-order valence-electron chi connectivity index (χ3n) is 1.28. The quantitative estimate of drug-likeness (QED) is 0.519. The number of hydrogen-bond donors (Lipinski definition) is 3. The van der Waals surface area contributed by atoms with E-state index in [0.29, 0.717) is 6.54 Å². The number of aromatic nitrogens is 1. The molecule has 0 bridgehead atoms. The van der Waals surface area contributed by atoms with Crippen LogP contribution in [0.3, 0.4) is 0 Å². The first kappa shape index (κ1) is 7.31. The van der Waals surface area contributed by atoms with Gasteiger partial charge in [-0.05, 0) is 11.6 Å². The molecule has 10 heavy (non-hydrogen) atoms. The summed E-state index contributed by atoms with van der Waals surface area (Å²) in [7, 11) is 0. The number of aliphatic hydroxyl groups is 1. The van der Waals surface area contributed by atoms with Gasteiger partial charge in [0.1, 0.15) is 0 Å². The number of aliphatic hydroxyl groups excluding tert-OH is 1. The summed E-state index contributed by atoms with van der Waals surface area (Å²) in [5, 5.41) is 11.5. The number of rotatable bonds is 4. The molecule has 0 amide bonds. The van der Waals surface area contributed by atoms with E-state index in [9.17, 15) is 0 Å². The summed E-state index contributed by atoms with van der Waals surface area (Å²) in [6.45, 7) is 1.68. The third-order valence-corrected chi connectivity index (χ3v) is 1.28. The van der Waals surface area contributed by atoms with Crippen LogP contribution in [0.1, 0.15) is 5.56 Å². The van der Waals surface area contributed by atoms with Gasteiger partial charge in [-0.3, -0.25) is 0 Å². The highest BCUT2D eigenvalue weighted by Gasteiger charge is 1.88. The first-order valence-electron chi connectivity index (χ1n) is 3.36. The minimum atomic E-state index is 0.199. The van der Waals surface area contributed by atoms with Crippen LogP contribution in [0.5, 0.6) is 0 Å². The van der Waals surface area contributed by atoms with Crippen LogP contribution < -0.4 is 5.32 Å². The highest BCUT2D eigenvalue weighted by Crippen LogP contribution is 1.93. The molecule has 0 aliphatic heterocycles. The van der Waals surface area contributed by atoms with Gasteiger partial charge in [-0.1, -0.05) is 0 Å². The van der Waals surface area contributed by atoms with E-state index in [0.717, 1.165) is 6.54 Å². The lowest BCUT2D eigenvalue weighted by atomic mass is 10.3. The Labute approximate surface area is 60.1 Å². The monoisotopic (exact) mass is 140 g/mol. The normalized spacial score (nSPS) is 10.1. The first-order chi connectivity index (χ1) is 4.93. The van der Waals surface area contributed by atoms with Crippen LogP contribution in [0.2, 0.25) is 0 Å². The second-order valence-electron chi connectivity index (χ2n) is 2.12. The molecule has 3 nitrogen and oxygen atoms in total. The van der Waals surface area contributed by atoms with E-state index in [1.54, 1.807) is 0 Å². The number of H-pyrrole nitrogens is 1. The van der Waals surface area contributed by atoms with Crippen LogP contribution >= 0.6 is 0 Å². The van der Waals surface area contributed by atoms with E-state index in [4.69, 9.17) is 5.11 Å². The largest absolute Gasteiger partial charge is 0.395 e. The molecule has 1 heterocycles. The van der Waals surface area contributed by atoms with E-state index in [-0.39, 0.29) is 6.61 Å². The maximum atomic E-state index is 8.42. The zero-order chi connectivity index (χ0) is 7.23. The highest BCUT2D eigenvalue weighted by molar-refractivity contribution is 5.07. The van der Waals surface area contributed by atoms with Gasteiger partial charge in [0.05, 0.1) is 6.61 Å². The molecule has 0 unspecified atom stereocenters. The zero-order valence-corrected chi connectivity index (χ0v) is 5.80. The SMILES string of the molecule is OCCNCc1cc[nH]c1. The lowest BCUT2D eigenvalue weighted by Crippen LogP contribution is -2.16. The van der Waals surface area contributed by atoms with Crippen molar-refractivity contribution in [3.63, 3.8) is 0 Å². The predicted molar refractivity (Wildman–Crippen MR) is 39.6 cm³/mol. The van der Waals surface area contributed by atoms with Gasteiger partial charge in [0.15, 0.2) is 0 Å². The molecule has 0 aliphatic rings. The molecule has 0 saturated heterocycles. The molecule has 1 aromatic rings. The van der Waals surface area contributed by atoms with Gasteiger partial charge in [-0.15, -0.1) is 0 Å². The highest BCUT2D eigenvalue weighted by atomic mass is 16.3. The minimum Gasteiger partial charge on any atom is -0.395 e. The summed E-state index contributed by atoms with van der Waals surface area (Å²) >= 11 is 0. The van der Waals surface area contributed by atoms with Crippen molar-refractivity contribution in [2.75, 3.05) is 13.2 Å². The van der Waals surface area contributed by atoms with Crippen molar-refractivity contribution in [2.45, 2.75) is 6.54 Å². The molecule has 3 N–H and O–H groups in total. The molecular weight excluding hydrogens is 128 g/mol. The van der Waals surface area contributed by atoms with Crippen LogP contribution in [-0.4, -0.2) is 23.2 Å². The molecule has 1 aromatic heterocycles. The maximum absolute atomic E-state index is 8.42. The van der Waals surface area contributed by atoms with E-state index >= 15 is 0 Å². The van der Waals surface area contributed by atoms with Gasteiger partial charge in [-0.2, -0.15) is 0 Å². The van der Waals surface area contributed by atoms with Crippen molar-refractivity contribution >= 4 is 0 Å². The second-order valence-corrected chi connectivity index (χ2v) is 2.12. The average Bonchev–Trinajstić information content (AvgIpc) is 2.41. The fourth-order valence-electron chi connectivity index (χ4n) is 0.780. The Morgan fingerprint density at radius 2 is 2.50 bits per heavy atom. The van der Waals surface area contributed by atoms with E-state index in [1.807, 2.05) is 18.5 Å². The van der Waals surface area contributed by atoms with Gasteiger partial charge in [0.2, 0.25) is 0 Å². The summed E-state index contributed by atoms with van der Waals surface area (Å²) in [6.07, 6.45) is 3.82. The van der Waals surface area contributed by atoms with Gasteiger partial charge in [0, 0.05) is 25.5 Å². The number of nitrogens with one attached hydrogen (secondary N) is 2. The zero-order valence-electron chi connectivity index (χ0n) is 5.80. The van der Waals surface area contributed by atoms with Gasteiger partial charge in [-0.25, -0.2) is 0 Å². The molecule has 56 valence electrons. The van der Waals surface area contributed by atoms with Gasteiger partial charge >= 0.3 is 0 Å². The molecular formula is C7H12N2O. The second kappa shape index (κ2) is 4.09. The lowest BCUT2D eigenvalue weighted by molar-refractivity contribution is 0.292. The molecule has 0 fully saturated rings. The molecule has 0 atom stereocenters. The molecule has 0 saturated carbocycles. The standard InChI is InChI=1S/C7H12N2O/c10-4-3-9-6-7-1-2-8-5-7/h1-2,5,8-10H,3-4,6H2. The fraction of sp³-hybridized carbons (Fsp3) is 0.429. The van der Waals surface area contributed by atoms with Crippen LogP contribution in [0.15, 0.2) is 18.5 Å². The van der Waals surface area contributed by atoms with Crippen LogP contribution in [0, 0.1) is 0 Å². The Morgan fingerprint density at radius 3 is 3.10 bits per heavy atom. The van der Waals surface area contributed by atoms with Gasteiger partial charge < -0.3 is 15.4 Å². The molecule has 0 aromatic carbocycles. The molecule has 0 aliphatic carbocycles. The summed E-state index contributed by atoms with van der Waals surface area (Å²) in [6, 6.07) is 2.00. The molecule has 0 radical (unpaired) electrons. The van der Waals surface area contributed by atoms with Gasteiger partial charge in [0.25, 0.3) is 0 Å². The van der Waals surface area contributed by atoms with Crippen molar-refractivity contribution in [1.82, 2.24) is 10.3 Å². The van der Waals surface area contributed by atoms with Crippen molar-refractivity contribution in [3.05, 3.63) is 24.0 Å². The predicted octanol–water partition coefficient (Wildman–Crippen LogP) is 0.0966. The Hall–Kier alpha value is -0.800. The third kappa shape index (κ3) is 2.21. The van der Waals surface area contributed by atoms with Crippen molar-refractivity contribution in [1.29, 1.82) is 0 Å². The summed E-state index contributed by atoms with van der Waals surface area (Å²) in [5.41, 5.74) is 1.22. The topological polar surface area (TPSA) is 48.0 Å². The smallest absolute Gasteiger partial charge is 0.0556 e. The summed E-state index contributed by atoms with van der Waals surface area (Å²) < 4.78 is 0. The van der Waals surface area contributed by atoms with Crippen LogP contribution in [-0.2, 0) is 6.54 Å². The molecule has 3 heteroatoms. The fourth-order valence-corrected chi connectivity index (χ4v) is 0.780. The van der Waals surface area contributed by atoms with Crippen molar-refractivity contribution < 1.29 is 5.11 Å². The minimum absolute atomic E-state index is 0.199. The van der Waals surface area contributed by atoms with Crippen molar-refractivity contribution in [2.24, 2.45) is 0 Å². The molecule has 1 rings (SSSR count). The van der Waals surface area contributed by atoms with E-state index in [2.05, 4.69) is 10.3 Å². The lowest BCUT2D eigenvalue weighted by Gasteiger charge is -1.97. The maximum Gasteiger partial charge on any atom is 0.0556 e. The van der Waals surface area contributed by atoms with Crippen LogP contribution in [0.4, 0.5) is 0 Å². The Bertz CT molecular complexity index is 160. The Kier molecular flexibility index (Phi) is 2.99. The summed E-state index contributed by atoms with van der Waals surface area (Å²) in [5.74, 6) is 0. The number of aromatic amines is 1. The number of hydrogen-bond acceptors (Lipinski definition) is 2. The van der Waals surface area contributed by atoms with E-state index < -0.39 is 0 Å². The first-order valence-corrected chi connectivity index (χ1v) is 3.36. The summed E-state index contributed by atoms with van der Waals surface area (Å²) in [4.78, 5) is 2.95.